The number of aromatic amines is 1. The van der Waals surface area contributed by atoms with E-state index >= 15 is 0 Å². The third-order valence-electron chi connectivity index (χ3n) is 2.00. The summed E-state index contributed by atoms with van der Waals surface area (Å²) in [7, 11) is -4.20. The molecule has 0 unspecified atom stereocenters. The summed E-state index contributed by atoms with van der Waals surface area (Å²) in [5, 5.41) is 4.76. The zero-order valence-corrected chi connectivity index (χ0v) is 8.58. The maximum atomic E-state index is 13.3. The van der Waals surface area contributed by atoms with Gasteiger partial charge in [0.1, 0.15) is 10.7 Å². The molecule has 0 spiro atoms. The Morgan fingerprint density at radius 2 is 2.06 bits per heavy atom. The van der Waals surface area contributed by atoms with E-state index in [2.05, 4.69) is 9.97 Å². The van der Waals surface area contributed by atoms with Gasteiger partial charge in [0.25, 0.3) is 5.56 Å². The first-order chi connectivity index (χ1) is 7.39. The fourth-order valence-electron chi connectivity index (χ4n) is 1.29. The summed E-state index contributed by atoms with van der Waals surface area (Å²) in [6.07, 6.45) is 1.10. The molecule has 0 atom stereocenters. The van der Waals surface area contributed by atoms with Crippen LogP contribution in [0.2, 0.25) is 0 Å². The van der Waals surface area contributed by atoms with Crippen molar-refractivity contribution in [2.75, 3.05) is 0 Å². The monoisotopic (exact) mass is 243 g/mol. The number of aromatic nitrogens is 2. The number of nitrogens with one attached hydrogen (secondary N) is 1. The number of fused-ring (bicyclic) bond motifs is 1. The maximum Gasteiger partial charge on any atom is 0.258 e. The second-order valence-electron chi connectivity index (χ2n) is 3.08. The Hall–Kier alpha value is -1.80. The SMILES string of the molecule is NS(=O)(=O)c1cc2c(=O)[nH]cnc2cc1F. The Bertz CT molecular complexity index is 723. The molecule has 1 heterocycles. The van der Waals surface area contributed by atoms with Crippen LogP contribution in [-0.4, -0.2) is 18.4 Å². The van der Waals surface area contributed by atoms with Crippen molar-refractivity contribution < 1.29 is 12.8 Å². The van der Waals surface area contributed by atoms with Gasteiger partial charge in [-0.2, -0.15) is 0 Å². The number of hydrogen-bond acceptors (Lipinski definition) is 4. The van der Waals surface area contributed by atoms with Crippen molar-refractivity contribution in [2.24, 2.45) is 5.14 Å². The highest BCUT2D eigenvalue weighted by molar-refractivity contribution is 7.89. The van der Waals surface area contributed by atoms with E-state index < -0.39 is 26.3 Å². The third kappa shape index (κ3) is 1.68. The minimum absolute atomic E-state index is 0.0343. The normalized spacial score (nSPS) is 11.9. The smallest absolute Gasteiger partial charge is 0.258 e. The van der Waals surface area contributed by atoms with Crippen LogP contribution >= 0.6 is 0 Å². The van der Waals surface area contributed by atoms with Crippen molar-refractivity contribution in [3.8, 4) is 0 Å². The highest BCUT2D eigenvalue weighted by Crippen LogP contribution is 2.17. The minimum Gasteiger partial charge on any atom is -0.313 e. The molecule has 1 aromatic heterocycles. The molecule has 16 heavy (non-hydrogen) atoms. The van der Waals surface area contributed by atoms with Gasteiger partial charge in [0, 0.05) is 6.07 Å². The van der Waals surface area contributed by atoms with Gasteiger partial charge in [0.2, 0.25) is 10.0 Å². The lowest BCUT2D eigenvalue weighted by Crippen LogP contribution is -2.15. The summed E-state index contributed by atoms with van der Waals surface area (Å²) in [4.78, 5) is 16.5. The minimum atomic E-state index is -4.20. The quantitative estimate of drug-likeness (QED) is 0.717. The number of nitrogens with two attached hydrogens (primary N) is 1. The highest BCUT2D eigenvalue weighted by atomic mass is 32.2. The molecule has 84 valence electrons. The van der Waals surface area contributed by atoms with Crippen molar-refractivity contribution >= 4 is 20.9 Å². The lowest BCUT2D eigenvalue weighted by molar-refractivity contribution is 0.569. The highest BCUT2D eigenvalue weighted by Gasteiger charge is 2.16. The Kier molecular flexibility index (Phi) is 2.25. The molecule has 8 heteroatoms. The first kappa shape index (κ1) is 10.7. The van der Waals surface area contributed by atoms with Crippen molar-refractivity contribution in [3.63, 3.8) is 0 Å². The van der Waals surface area contributed by atoms with Crippen LogP contribution in [0.5, 0.6) is 0 Å². The third-order valence-corrected chi connectivity index (χ3v) is 2.93. The van der Waals surface area contributed by atoms with Crippen molar-refractivity contribution in [2.45, 2.75) is 4.90 Å². The zero-order chi connectivity index (χ0) is 11.9. The zero-order valence-electron chi connectivity index (χ0n) is 7.77. The molecule has 0 aliphatic carbocycles. The van der Waals surface area contributed by atoms with Crippen LogP contribution in [0.3, 0.4) is 0 Å². The molecule has 2 rings (SSSR count). The lowest BCUT2D eigenvalue weighted by Gasteiger charge is -2.01. The summed E-state index contributed by atoms with van der Waals surface area (Å²) >= 11 is 0. The molecule has 6 nitrogen and oxygen atoms in total. The Morgan fingerprint density at radius 3 is 2.69 bits per heavy atom. The fraction of sp³-hybridized carbons (Fsp3) is 0. The van der Waals surface area contributed by atoms with Crippen LogP contribution in [0, 0.1) is 5.82 Å². The largest absolute Gasteiger partial charge is 0.313 e. The number of hydrogen-bond donors (Lipinski definition) is 2. The van der Waals surface area contributed by atoms with Crippen LogP contribution in [0.25, 0.3) is 10.9 Å². The average molecular weight is 243 g/mol. The van der Waals surface area contributed by atoms with E-state index in [1.165, 1.54) is 0 Å². The topological polar surface area (TPSA) is 106 Å². The fourth-order valence-corrected chi connectivity index (χ4v) is 1.90. The molecule has 0 saturated carbocycles. The van der Waals surface area contributed by atoms with Crippen LogP contribution in [0.4, 0.5) is 4.39 Å². The van der Waals surface area contributed by atoms with E-state index in [1.54, 1.807) is 0 Å². The number of benzene rings is 1. The van der Waals surface area contributed by atoms with Gasteiger partial charge >= 0.3 is 0 Å². The molecule has 0 saturated heterocycles. The summed E-state index contributed by atoms with van der Waals surface area (Å²) in [5.74, 6) is -1.03. The van der Waals surface area contributed by atoms with Crippen LogP contribution in [0.1, 0.15) is 0 Å². The average Bonchev–Trinajstić information content (AvgIpc) is 2.15. The van der Waals surface area contributed by atoms with E-state index in [9.17, 15) is 17.6 Å². The van der Waals surface area contributed by atoms with E-state index in [0.717, 1.165) is 18.5 Å². The lowest BCUT2D eigenvalue weighted by atomic mass is 10.2. The molecule has 0 amide bonds. The standard InChI is InChI=1S/C8H6FN3O3S/c9-5-2-6-4(8(13)12-3-11-6)1-7(5)16(10,14)15/h1-3H,(H2,10,14,15)(H,11,12,13). The van der Waals surface area contributed by atoms with Gasteiger partial charge in [0.05, 0.1) is 17.2 Å². The first-order valence-corrected chi connectivity index (χ1v) is 5.64. The molecule has 0 aliphatic rings. The van der Waals surface area contributed by atoms with Crippen molar-refractivity contribution in [1.29, 1.82) is 0 Å². The molecule has 1 aromatic carbocycles. The second-order valence-corrected chi connectivity index (χ2v) is 4.61. The molecular weight excluding hydrogens is 237 g/mol. The second kappa shape index (κ2) is 3.35. The predicted molar refractivity (Wildman–Crippen MR) is 53.7 cm³/mol. The van der Waals surface area contributed by atoms with Gasteiger partial charge in [0.15, 0.2) is 0 Å². The van der Waals surface area contributed by atoms with Crippen LogP contribution in [-0.2, 0) is 10.0 Å². The number of H-pyrrole nitrogens is 1. The Balaban J connectivity index is 2.96. The van der Waals surface area contributed by atoms with Gasteiger partial charge in [-0.25, -0.2) is 22.9 Å². The number of nitrogens with zero attached hydrogens (tertiary/aromatic N) is 1. The summed E-state index contributed by atoms with van der Waals surface area (Å²) in [6.45, 7) is 0. The number of halogens is 1. The molecule has 0 radical (unpaired) electrons. The van der Waals surface area contributed by atoms with E-state index in [-0.39, 0.29) is 10.9 Å². The van der Waals surface area contributed by atoms with Gasteiger partial charge in [-0.3, -0.25) is 4.79 Å². The Labute approximate surface area is 89.0 Å². The molecule has 3 N–H and O–H groups in total. The molecular formula is C8H6FN3O3S. The van der Waals surface area contributed by atoms with E-state index in [0.29, 0.717) is 0 Å². The molecule has 0 fully saturated rings. The molecule has 2 aromatic rings. The summed E-state index contributed by atoms with van der Waals surface area (Å²) < 4.78 is 35.4. The summed E-state index contributed by atoms with van der Waals surface area (Å²) in [5.41, 5.74) is -0.497. The number of sulfonamides is 1. The Morgan fingerprint density at radius 1 is 1.38 bits per heavy atom. The van der Waals surface area contributed by atoms with Gasteiger partial charge in [-0.05, 0) is 6.07 Å². The van der Waals surface area contributed by atoms with Crippen molar-refractivity contribution in [3.05, 3.63) is 34.6 Å². The van der Waals surface area contributed by atoms with Crippen LogP contribution < -0.4 is 10.7 Å². The molecule has 0 aliphatic heterocycles. The number of rotatable bonds is 1. The van der Waals surface area contributed by atoms with Gasteiger partial charge < -0.3 is 4.98 Å². The van der Waals surface area contributed by atoms with Gasteiger partial charge in [-0.15, -0.1) is 0 Å². The van der Waals surface area contributed by atoms with E-state index in [1.807, 2.05) is 0 Å². The van der Waals surface area contributed by atoms with E-state index in [4.69, 9.17) is 5.14 Å². The van der Waals surface area contributed by atoms with Gasteiger partial charge in [-0.1, -0.05) is 0 Å². The number of primary sulfonamides is 1. The summed E-state index contributed by atoms with van der Waals surface area (Å²) in [6, 6.07) is 1.72. The maximum absolute atomic E-state index is 13.3. The molecule has 0 bridgehead atoms. The first-order valence-electron chi connectivity index (χ1n) is 4.09. The predicted octanol–water partition coefficient (Wildman–Crippen LogP) is -0.290. The van der Waals surface area contributed by atoms with Crippen molar-refractivity contribution in [1.82, 2.24) is 9.97 Å². The van der Waals surface area contributed by atoms with Crippen LogP contribution in [0.15, 0.2) is 28.2 Å².